The largest absolute Gasteiger partial charge is 0.762 e. The lowest BCUT2D eigenvalue weighted by Crippen LogP contribution is -1.76. The van der Waals surface area contributed by atoms with Gasteiger partial charge in [0.15, 0.2) is 0 Å². The molecule has 0 bridgehead atoms. The summed E-state index contributed by atoms with van der Waals surface area (Å²) in [6, 6.07) is 0. The molecule has 0 spiro atoms. The first-order valence-corrected chi connectivity index (χ1v) is 0.655. The van der Waals surface area contributed by atoms with Crippen molar-refractivity contribution in [2.24, 2.45) is 0 Å². The van der Waals surface area contributed by atoms with Crippen molar-refractivity contribution >= 4 is 57.2 Å². The third-order valence-corrected chi connectivity index (χ3v) is 0. The first-order valence-electron chi connectivity index (χ1n) is 0.655. The highest BCUT2D eigenvalue weighted by atomic mass is 35.5. The van der Waals surface area contributed by atoms with E-state index in [9.17, 15) is 12.9 Å². The van der Waals surface area contributed by atoms with Gasteiger partial charge in [-0.05, 0) is 0 Å². The van der Waals surface area contributed by atoms with Gasteiger partial charge in [-0.3, -0.25) is 12.9 Å². The van der Waals surface area contributed by atoms with E-state index < -0.39 is 7.54 Å². The minimum atomic E-state index is -3.67. The predicted molar refractivity (Wildman–Crippen MR) is 38.1 cm³/mol. The minimum absolute atomic E-state index is 0. The Morgan fingerprint density at radius 3 is 0.625 bits per heavy atom. The average molecular weight is 214 g/mol. The summed E-state index contributed by atoms with van der Waals surface area (Å²) < 4.78 is 29.0. The van der Waals surface area contributed by atoms with Crippen molar-refractivity contribution in [1.82, 2.24) is 0 Å². The first kappa shape index (κ1) is 35.9. The Labute approximate surface area is 70.5 Å². The lowest BCUT2D eigenvalue weighted by Gasteiger charge is -1.55. The molecule has 0 rings (SSSR count). The quantitative estimate of drug-likeness (QED) is 0.543. The van der Waals surface area contributed by atoms with E-state index in [0.717, 1.165) is 0 Å². The topological polar surface area (TPSA) is 0 Å². The molecule has 0 fully saturated rings. The van der Waals surface area contributed by atoms with Crippen molar-refractivity contribution < 1.29 is 12.9 Å². The lowest BCUT2D eigenvalue weighted by atomic mass is 10.5. The molecule has 56 valence electrons. The van der Waals surface area contributed by atoms with Gasteiger partial charge >= 0.3 is 7.54 Å². The monoisotopic (exact) mass is 212 g/mol. The fourth-order valence-electron chi connectivity index (χ4n) is 0. The van der Waals surface area contributed by atoms with Gasteiger partial charge < -0.3 is 0 Å². The average Bonchev–Trinajstić information content (AvgIpc) is 0.811. The van der Waals surface area contributed by atoms with Crippen LogP contribution in [0.5, 0.6) is 0 Å². The maximum Gasteiger partial charge on any atom is 0.762 e. The van der Waals surface area contributed by atoms with Gasteiger partial charge in [0.25, 0.3) is 0 Å². The molecule has 0 amide bonds. The second-order valence-electron chi connectivity index (χ2n) is 0.247. The molecular weight excluding hydrogens is 210 g/mol. The van der Waals surface area contributed by atoms with E-state index in [0.29, 0.717) is 0 Å². The molecule has 0 aromatic rings. The lowest BCUT2D eigenvalue weighted by molar-refractivity contribution is 0.535. The van der Waals surface area contributed by atoms with Gasteiger partial charge in [-0.1, -0.05) is 0 Å². The van der Waals surface area contributed by atoms with E-state index >= 15 is 0 Å². The van der Waals surface area contributed by atoms with Gasteiger partial charge in [-0.2, -0.15) is 0 Å². The van der Waals surface area contributed by atoms with Gasteiger partial charge in [-0.15, -0.1) is 49.6 Å². The SMILES string of the molecule is Cl.Cl.Cl.Cl.FB(F)F. The Balaban J connectivity index is -0.00000000750. The smallest absolute Gasteiger partial charge is 0.254 e. The van der Waals surface area contributed by atoms with E-state index in [1.807, 2.05) is 0 Å². The number of hydrogen-bond donors (Lipinski definition) is 0. The fourth-order valence-corrected chi connectivity index (χ4v) is 0. The summed E-state index contributed by atoms with van der Waals surface area (Å²) in [6.07, 6.45) is 0. The highest BCUT2D eigenvalue weighted by molar-refractivity contribution is 6.33. The van der Waals surface area contributed by atoms with Crippen LogP contribution in [0.25, 0.3) is 0 Å². The van der Waals surface area contributed by atoms with Crippen LogP contribution in [-0.2, 0) is 0 Å². The third kappa shape index (κ3) is 246. The zero-order chi connectivity index (χ0) is 3.58. The van der Waals surface area contributed by atoms with Crippen molar-refractivity contribution in [3.8, 4) is 0 Å². The van der Waals surface area contributed by atoms with Crippen LogP contribution >= 0.6 is 49.6 Å². The molecule has 0 unspecified atom stereocenters. The van der Waals surface area contributed by atoms with Crippen molar-refractivity contribution in [2.45, 2.75) is 0 Å². The van der Waals surface area contributed by atoms with Crippen molar-refractivity contribution in [2.75, 3.05) is 0 Å². The molecule has 0 atom stereocenters. The molecule has 0 aliphatic carbocycles. The number of hydrogen-bond acceptors (Lipinski definition) is 0. The van der Waals surface area contributed by atoms with Gasteiger partial charge in [0, 0.05) is 0 Å². The van der Waals surface area contributed by atoms with E-state index in [1.54, 1.807) is 0 Å². The van der Waals surface area contributed by atoms with Crippen molar-refractivity contribution in [1.29, 1.82) is 0 Å². The zero-order valence-corrected chi connectivity index (χ0v) is 6.61. The molecule has 8 heteroatoms. The summed E-state index contributed by atoms with van der Waals surface area (Å²) in [5.41, 5.74) is 0. The Hall–Kier alpha value is 1.01. The van der Waals surface area contributed by atoms with Crippen LogP contribution in [-0.4, -0.2) is 7.54 Å². The molecule has 0 aliphatic heterocycles. The summed E-state index contributed by atoms with van der Waals surface area (Å²) >= 11 is 0. The molecule has 0 nitrogen and oxygen atoms in total. The van der Waals surface area contributed by atoms with Gasteiger partial charge in [-0.25, -0.2) is 0 Å². The van der Waals surface area contributed by atoms with E-state index in [1.165, 1.54) is 0 Å². The highest BCUT2D eigenvalue weighted by Gasteiger charge is 2.06. The first-order chi connectivity index (χ1) is 1.73. The van der Waals surface area contributed by atoms with Crippen LogP contribution in [0.4, 0.5) is 12.9 Å². The van der Waals surface area contributed by atoms with Crippen LogP contribution < -0.4 is 0 Å². The molecule has 0 heterocycles. The summed E-state index contributed by atoms with van der Waals surface area (Å²) in [4.78, 5) is 0. The Morgan fingerprint density at radius 2 is 0.625 bits per heavy atom. The molecular formula is H4BCl4F3. The molecule has 0 radical (unpaired) electrons. The van der Waals surface area contributed by atoms with Crippen LogP contribution in [0.15, 0.2) is 0 Å². The summed E-state index contributed by atoms with van der Waals surface area (Å²) in [7, 11) is -3.67. The van der Waals surface area contributed by atoms with Crippen LogP contribution in [0.2, 0.25) is 0 Å². The Kier molecular flexibility index (Phi) is 110. The molecule has 0 N–H and O–H groups in total. The normalized spacial score (nSPS) is 3.38. The number of rotatable bonds is 0. The molecule has 0 aromatic carbocycles. The fraction of sp³-hybridized carbons (Fsp3) is 0. The van der Waals surface area contributed by atoms with E-state index in [2.05, 4.69) is 0 Å². The summed E-state index contributed by atoms with van der Waals surface area (Å²) in [6.45, 7) is 0. The van der Waals surface area contributed by atoms with Crippen molar-refractivity contribution in [3.63, 3.8) is 0 Å². The predicted octanol–water partition coefficient (Wildman–Crippen LogP) is 2.57. The zero-order valence-electron chi connectivity index (χ0n) is 3.34. The molecule has 0 saturated heterocycles. The summed E-state index contributed by atoms with van der Waals surface area (Å²) in [5, 5.41) is 0. The standard InChI is InChI=1S/BF3.4ClH/c2-1(3)4;;;;/h;4*1H. The molecule has 0 aliphatic rings. The van der Waals surface area contributed by atoms with Gasteiger partial charge in [0.2, 0.25) is 0 Å². The van der Waals surface area contributed by atoms with Gasteiger partial charge in [0.05, 0.1) is 0 Å². The van der Waals surface area contributed by atoms with Crippen LogP contribution in [0, 0.1) is 0 Å². The number of halogens is 7. The second-order valence-corrected chi connectivity index (χ2v) is 0.247. The molecule has 0 saturated carbocycles. The van der Waals surface area contributed by atoms with Crippen LogP contribution in [0.1, 0.15) is 0 Å². The van der Waals surface area contributed by atoms with Crippen LogP contribution in [0.3, 0.4) is 0 Å². The van der Waals surface area contributed by atoms with E-state index in [-0.39, 0.29) is 49.6 Å². The minimum Gasteiger partial charge on any atom is -0.254 e. The maximum atomic E-state index is 9.67. The molecule has 0 aromatic heterocycles. The molecule has 8 heavy (non-hydrogen) atoms. The van der Waals surface area contributed by atoms with Gasteiger partial charge in [0.1, 0.15) is 0 Å². The maximum absolute atomic E-state index is 9.67. The summed E-state index contributed by atoms with van der Waals surface area (Å²) in [5.74, 6) is 0. The Morgan fingerprint density at radius 1 is 0.625 bits per heavy atom. The Bertz CT molecular complexity index is 16.0. The van der Waals surface area contributed by atoms with Crippen molar-refractivity contribution in [3.05, 3.63) is 0 Å². The third-order valence-electron chi connectivity index (χ3n) is 0. The van der Waals surface area contributed by atoms with E-state index in [4.69, 9.17) is 0 Å². The second kappa shape index (κ2) is 24.5. The highest BCUT2D eigenvalue weighted by Crippen LogP contribution is 1.80.